The highest BCUT2D eigenvalue weighted by molar-refractivity contribution is 7.16. The summed E-state index contributed by atoms with van der Waals surface area (Å²) < 4.78 is 39.6. The summed E-state index contributed by atoms with van der Waals surface area (Å²) in [7, 11) is 1.74. The average Bonchev–Trinajstić information content (AvgIpc) is 2.46. The number of hydrogen-bond acceptors (Lipinski definition) is 1. The van der Waals surface area contributed by atoms with Crippen molar-refractivity contribution >= 4 is 21.6 Å². The predicted octanol–water partition coefficient (Wildman–Crippen LogP) is 2.74. The molecule has 2 rings (SSSR count). The molecule has 2 aromatic rings. The molecule has 0 aliphatic rings. The fourth-order valence-electron chi connectivity index (χ4n) is 1.26. The van der Waals surface area contributed by atoms with Gasteiger partial charge in [0.15, 0.2) is 0 Å². The maximum atomic E-state index is 12.3. The normalized spacial score (nSPS) is 12.3. The molecule has 0 aliphatic heterocycles. The summed E-state index contributed by atoms with van der Waals surface area (Å²) in [5.41, 5.74) is 1.80. The van der Waals surface area contributed by atoms with E-state index in [0.29, 0.717) is 5.52 Å². The number of hydrogen-bond donors (Lipinski definition) is 0. The lowest BCUT2D eigenvalue weighted by atomic mass is 10.2. The van der Waals surface area contributed by atoms with Crippen molar-refractivity contribution in [1.82, 2.24) is 0 Å². The van der Waals surface area contributed by atoms with Crippen molar-refractivity contribution in [1.29, 1.82) is 0 Å². The Morgan fingerprint density at radius 1 is 1.29 bits per heavy atom. The molecule has 0 atom stereocenters. The molecular weight excluding hydrogens is 211 g/mol. The van der Waals surface area contributed by atoms with Crippen LogP contribution in [0.25, 0.3) is 10.2 Å². The Labute approximate surface area is 82.4 Å². The van der Waals surface area contributed by atoms with Crippen molar-refractivity contribution in [3.63, 3.8) is 0 Å². The molecule has 1 aromatic carbocycles. The number of rotatable bonds is 0. The third kappa shape index (κ3) is 1.48. The van der Waals surface area contributed by atoms with E-state index in [1.165, 1.54) is 23.5 Å². The lowest BCUT2D eigenvalue weighted by Gasteiger charge is -2.04. The van der Waals surface area contributed by atoms with Crippen LogP contribution in [0, 0.1) is 0 Å². The minimum absolute atomic E-state index is 0.598. The summed E-state index contributed by atoms with van der Waals surface area (Å²) in [6, 6.07) is 3.79. The van der Waals surface area contributed by atoms with Gasteiger partial charge < -0.3 is 0 Å². The van der Waals surface area contributed by atoms with E-state index in [2.05, 4.69) is 0 Å². The van der Waals surface area contributed by atoms with Crippen molar-refractivity contribution in [2.75, 3.05) is 0 Å². The first-order valence-electron chi connectivity index (χ1n) is 3.92. The third-order valence-corrected chi connectivity index (χ3v) is 3.02. The van der Waals surface area contributed by atoms with Gasteiger partial charge in [-0.15, -0.1) is 0 Å². The largest absolute Gasteiger partial charge is 0.416 e. The predicted molar refractivity (Wildman–Crippen MR) is 48.0 cm³/mol. The van der Waals surface area contributed by atoms with Crippen LogP contribution < -0.4 is 4.57 Å². The molecule has 0 amide bonds. The monoisotopic (exact) mass is 218 g/mol. The summed E-state index contributed by atoms with van der Waals surface area (Å²) >= 11 is 1.43. The molecule has 0 bridgehead atoms. The molecule has 1 nitrogen and oxygen atoms in total. The van der Waals surface area contributed by atoms with Crippen molar-refractivity contribution in [2.24, 2.45) is 7.05 Å². The van der Waals surface area contributed by atoms with Crippen LogP contribution in [0.15, 0.2) is 23.7 Å². The second kappa shape index (κ2) is 2.95. The molecule has 5 heteroatoms. The molecule has 74 valence electrons. The smallest absolute Gasteiger partial charge is 0.191 e. The van der Waals surface area contributed by atoms with Crippen LogP contribution in [0.4, 0.5) is 13.2 Å². The second-order valence-electron chi connectivity index (χ2n) is 3.01. The average molecular weight is 218 g/mol. The van der Waals surface area contributed by atoms with Gasteiger partial charge in [0, 0.05) is 6.07 Å². The quantitative estimate of drug-likeness (QED) is 0.598. The van der Waals surface area contributed by atoms with Crippen molar-refractivity contribution in [2.45, 2.75) is 6.18 Å². The minimum Gasteiger partial charge on any atom is -0.191 e. The first-order valence-corrected chi connectivity index (χ1v) is 4.80. The highest BCUT2D eigenvalue weighted by atomic mass is 32.1. The van der Waals surface area contributed by atoms with Crippen LogP contribution in [-0.2, 0) is 13.2 Å². The molecule has 1 aromatic heterocycles. The topological polar surface area (TPSA) is 3.88 Å². The molecule has 0 spiro atoms. The van der Waals surface area contributed by atoms with Crippen LogP contribution in [-0.4, -0.2) is 0 Å². The molecule has 0 fully saturated rings. The highest BCUT2D eigenvalue weighted by Gasteiger charge is 2.31. The Bertz CT molecular complexity index is 472. The van der Waals surface area contributed by atoms with Crippen LogP contribution in [0.2, 0.25) is 0 Å². The lowest BCUT2D eigenvalue weighted by molar-refractivity contribution is -0.640. The number of halogens is 3. The molecule has 14 heavy (non-hydrogen) atoms. The Morgan fingerprint density at radius 2 is 2.00 bits per heavy atom. The van der Waals surface area contributed by atoms with Gasteiger partial charge in [0.05, 0.1) is 5.56 Å². The summed E-state index contributed by atoms with van der Waals surface area (Å²) in [4.78, 5) is 0. The Hall–Kier alpha value is -1.10. The number of aromatic nitrogens is 1. The van der Waals surface area contributed by atoms with Gasteiger partial charge in [0.1, 0.15) is 11.7 Å². The zero-order valence-electron chi connectivity index (χ0n) is 7.30. The third-order valence-electron chi connectivity index (χ3n) is 2.00. The number of nitrogens with zero attached hydrogens (tertiary/aromatic N) is 1. The van der Waals surface area contributed by atoms with E-state index >= 15 is 0 Å². The molecule has 0 N–H and O–H groups in total. The molecule has 0 radical (unpaired) electrons. The van der Waals surface area contributed by atoms with E-state index in [4.69, 9.17) is 0 Å². The summed E-state index contributed by atoms with van der Waals surface area (Å²) in [5.74, 6) is 0. The number of aryl methyl sites for hydroxylation is 1. The Morgan fingerprint density at radius 3 is 2.64 bits per heavy atom. The van der Waals surface area contributed by atoms with E-state index in [0.717, 1.165) is 10.8 Å². The maximum Gasteiger partial charge on any atom is 0.416 e. The molecule has 0 saturated carbocycles. The number of thiazole rings is 1. The van der Waals surface area contributed by atoms with Crippen LogP contribution >= 0.6 is 11.3 Å². The molecule has 0 aliphatic carbocycles. The summed E-state index contributed by atoms with van der Waals surface area (Å²) in [6.07, 6.45) is -4.26. The van der Waals surface area contributed by atoms with Gasteiger partial charge in [-0.05, 0) is 12.1 Å². The van der Waals surface area contributed by atoms with E-state index in [1.54, 1.807) is 17.1 Å². The van der Waals surface area contributed by atoms with Crippen molar-refractivity contribution in [3.05, 3.63) is 29.3 Å². The summed E-state index contributed by atoms with van der Waals surface area (Å²) in [5, 5.41) is 0. The number of alkyl halides is 3. The van der Waals surface area contributed by atoms with E-state index < -0.39 is 11.7 Å². The summed E-state index contributed by atoms with van der Waals surface area (Å²) in [6.45, 7) is 0. The molecule has 0 unspecified atom stereocenters. The SMILES string of the molecule is C[n+]1csc2ccc(C(F)(F)F)cc21. The number of fused-ring (bicyclic) bond motifs is 1. The van der Waals surface area contributed by atoms with Gasteiger partial charge in [-0.1, -0.05) is 11.3 Å². The van der Waals surface area contributed by atoms with Crippen LogP contribution in [0.3, 0.4) is 0 Å². The minimum atomic E-state index is -4.26. The first kappa shape index (κ1) is 9.45. The van der Waals surface area contributed by atoms with Crippen LogP contribution in [0.5, 0.6) is 0 Å². The fourth-order valence-corrected chi connectivity index (χ4v) is 2.12. The van der Waals surface area contributed by atoms with E-state index in [9.17, 15) is 13.2 Å². The fraction of sp³-hybridized carbons (Fsp3) is 0.222. The zero-order chi connectivity index (χ0) is 10.3. The van der Waals surface area contributed by atoms with Gasteiger partial charge in [-0.3, -0.25) is 0 Å². The Balaban J connectivity index is 2.66. The molecule has 0 saturated heterocycles. The lowest BCUT2D eigenvalue weighted by Crippen LogP contribution is -2.24. The first-order chi connectivity index (χ1) is 6.48. The highest BCUT2D eigenvalue weighted by Crippen LogP contribution is 2.31. The molecule has 1 heterocycles. The van der Waals surface area contributed by atoms with Crippen LogP contribution in [0.1, 0.15) is 5.56 Å². The Kier molecular flexibility index (Phi) is 1.99. The van der Waals surface area contributed by atoms with E-state index in [1.807, 2.05) is 0 Å². The maximum absolute atomic E-state index is 12.3. The molecular formula is C9H7F3NS+. The second-order valence-corrected chi connectivity index (χ2v) is 3.90. The number of benzene rings is 1. The van der Waals surface area contributed by atoms with Gasteiger partial charge in [0.25, 0.3) is 0 Å². The van der Waals surface area contributed by atoms with Gasteiger partial charge in [0.2, 0.25) is 11.0 Å². The van der Waals surface area contributed by atoms with Crippen molar-refractivity contribution < 1.29 is 17.7 Å². The standard InChI is InChI=1S/C9H7F3NS/c1-13-5-14-8-3-2-6(4-7(8)13)9(10,11)12/h2-5H,1H3/q+1. The van der Waals surface area contributed by atoms with E-state index in [-0.39, 0.29) is 0 Å². The van der Waals surface area contributed by atoms with Gasteiger partial charge in [-0.25, -0.2) is 0 Å². The van der Waals surface area contributed by atoms with Crippen molar-refractivity contribution in [3.8, 4) is 0 Å². The zero-order valence-corrected chi connectivity index (χ0v) is 8.12. The van der Waals surface area contributed by atoms with Gasteiger partial charge in [-0.2, -0.15) is 17.7 Å². The van der Waals surface area contributed by atoms with Gasteiger partial charge >= 0.3 is 6.18 Å².